The highest BCUT2D eigenvalue weighted by Gasteiger charge is 2.19. The predicted octanol–water partition coefficient (Wildman–Crippen LogP) is 19.1. The van der Waals surface area contributed by atoms with Crippen molar-refractivity contribution in [2.24, 2.45) is 0 Å². The van der Waals surface area contributed by atoms with Crippen molar-refractivity contribution < 1.29 is 33.8 Å². The molecule has 6 heterocycles. The molecule has 0 fully saturated rings. The molecule has 13 aromatic rings. The van der Waals surface area contributed by atoms with Crippen LogP contribution in [0.3, 0.4) is 0 Å². The topological polar surface area (TPSA) is 226 Å². The smallest absolute Gasteiger partial charge is 0.261 e. The van der Waals surface area contributed by atoms with Crippen LogP contribution in [0, 0.1) is 0 Å². The van der Waals surface area contributed by atoms with Crippen molar-refractivity contribution in [2.45, 2.75) is 51.8 Å². The summed E-state index contributed by atoms with van der Waals surface area (Å²) in [6, 6.07) is 71.8. The number of carbonyl (C=O) groups excluding carboxylic acids is 3. The largest absolute Gasteiger partial charge is 0.504 e. The van der Waals surface area contributed by atoms with Crippen LogP contribution in [0.15, 0.2) is 252 Å². The zero-order valence-electron chi connectivity index (χ0n) is 52.6. The molecule has 13 rings (SSSR count). The number of hydrogen-bond donors (Lipinski definition) is 7. The van der Waals surface area contributed by atoms with E-state index < -0.39 is 6.10 Å². The lowest BCUT2D eigenvalue weighted by atomic mass is 9.93. The molecule has 0 aliphatic heterocycles. The third-order valence-electron chi connectivity index (χ3n) is 15.2. The van der Waals surface area contributed by atoms with Gasteiger partial charge in [0.05, 0.1) is 67.8 Å². The lowest BCUT2D eigenvalue weighted by Crippen LogP contribution is -2.25. The van der Waals surface area contributed by atoms with Crippen LogP contribution in [0.4, 0.5) is 34.6 Å². The molecule has 20 heteroatoms. The number of aliphatic hydroxyl groups excluding tert-OH is 1. The molecule has 0 bridgehead atoms. The van der Waals surface area contributed by atoms with Gasteiger partial charge in [-0.3, -0.25) is 14.4 Å². The van der Waals surface area contributed by atoms with E-state index in [1.165, 1.54) is 52.2 Å². The molecule has 0 aliphatic carbocycles. The van der Waals surface area contributed by atoms with Gasteiger partial charge in [0.15, 0.2) is 17.3 Å². The summed E-state index contributed by atoms with van der Waals surface area (Å²) in [4.78, 5) is 60.5. The summed E-state index contributed by atoms with van der Waals surface area (Å²) >= 11 is 7.74. The lowest BCUT2D eigenvalue weighted by molar-refractivity contribution is 0.0938. The monoisotopic (exact) mass is 1390 g/mol. The summed E-state index contributed by atoms with van der Waals surface area (Å²) in [5.41, 5.74) is 9.02. The Bertz CT molecular complexity index is 4790. The molecular weight excluding hydrogens is 1330 g/mol. The highest BCUT2D eigenvalue weighted by atomic mass is 79.9. The minimum atomic E-state index is -0.510. The number of halogens is 1. The number of aromatic hydroxyl groups is 1. The number of hydrogen-bond acceptors (Lipinski definition) is 17. The van der Waals surface area contributed by atoms with Gasteiger partial charge in [-0.05, 0) is 168 Å². The summed E-state index contributed by atoms with van der Waals surface area (Å²) in [7, 11) is 1.49. The Labute approximate surface area is 576 Å². The van der Waals surface area contributed by atoms with Crippen molar-refractivity contribution in [3.63, 3.8) is 0 Å². The number of Topliss-reactive ketones (excluding diaryl/α,β-unsaturated/α-hetero) is 1. The highest BCUT2D eigenvalue weighted by Crippen LogP contribution is 2.36. The van der Waals surface area contributed by atoms with Crippen molar-refractivity contribution in [1.82, 2.24) is 30.6 Å². The Kier molecular flexibility index (Phi) is 22.3. The van der Waals surface area contributed by atoms with E-state index in [0.717, 1.165) is 63.4 Å². The normalized spacial score (nSPS) is 11.8. The van der Waals surface area contributed by atoms with Crippen LogP contribution in [0.2, 0.25) is 0 Å². The number of methoxy groups -OCH3 is 1. The van der Waals surface area contributed by atoms with Gasteiger partial charge in [0.1, 0.15) is 5.76 Å². The average Bonchev–Trinajstić information content (AvgIpc) is 2.17. The number of nitrogens with zero attached hydrogens (tertiary/aromatic N) is 4. The van der Waals surface area contributed by atoms with Crippen LogP contribution in [-0.4, -0.2) is 54.9 Å². The van der Waals surface area contributed by atoms with Gasteiger partial charge in [0.2, 0.25) is 11.9 Å². The van der Waals surface area contributed by atoms with Gasteiger partial charge in [-0.1, -0.05) is 126 Å². The molecule has 0 saturated heterocycles. The molecule has 1 unspecified atom stereocenters. The van der Waals surface area contributed by atoms with Gasteiger partial charge < -0.3 is 46.0 Å². The number of phenols is 1. The zero-order valence-corrected chi connectivity index (χ0v) is 56.6. The first-order valence-electron chi connectivity index (χ1n) is 30.6. The summed E-state index contributed by atoms with van der Waals surface area (Å²) in [6.45, 7) is 6.20. The Morgan fingerprint density at radius 3 is 1.81 bits per heavy atom. The molecule has 7 N–H and O–H groups in total. The number of phenolic OH excluding ortho intramolecular Hbond substituents is 1. The van der Waals surface area contributed by atoms with Gasteiger partial charge in [0.25, 0.3) is 11.8 Å². The molecule has 0 aliphatic rings. The highest BCUT2D eigenvalue weighted by molar-refractivity contribution is 9.10. The Balaban J connectivity index is 0.000000147. The molecule has 3 atom stereocenters. The molecule has 16 nitrogen and oxygen atoms in total. The molecule has 96 heavy (non-hydrogen) atoms. The number of furan rings is 1. The molecule has 482 valence electrons. The number of anilines is 6. The minimum absolute atomic E-state index is 0.0206. The number of benzene rings is 7. The lowest BCUT2D eigenvalue weighted by Gasteiger charge is -2.13. The standard InChI is InChI=1S/C32H29NO2S.C24H22N4O3S.C20H15BrN4O2S/c1-21(24-14-13-23-7-3-4-8-26(23)18-24)17-30(35)32-16-15-31(36-32)27-10-6-12-29(20-27)33-28-11-5-9-25(19-28)22(2)34;1-15(16-6-4-3-5-7-16)26-23(30)22-11-10-21(32-22)18-12-13-25-24(28-18)27-17-8-9-20(31-2)19(29)14-17;21-13-3-1-4-14(11-13)24-20-22-9-8-16(25-20)17-6-7-18(28-17)19(26)23-12-15-5-2-10-27-15/h3-16,18-22,33-34H,17H2,1-2H3;3-15,29H,1-2H3,(H,26,30)(H,25,27,28);1-11H,12H2,(H,23,26)(H,22,24,25)/t21-,22?;15-;/m01./s1. The second-order valence-electron chi connectivity index (χ2n) is 22.2. The summed E-state index contributed by atoms with van der Waals surface area (Å²) in [5.74, 6) is 2.05. The first kappa shape index (κ1) is 66.8. The molecule has 0 spiro atoms. The Morgan fingerprint density at radius 2 is 1.15 bits per heavy atom. The van der Waals surface area contributed by atoms with Crippen LogP contribution >= 0.6 is 49.9 Å². The van der Waals surface area contributed by atoms with Crippen molar-refractivity contribution in [3.05, 3.63) is 285 Å². The molecule has 0 saturated carbocycles. The second-order valence-corrected chi connectivity index (χ2v) is 26.3. The van der Waals surface area contributed by atoms with Gasteiger partial charge in [-0.15, -0.1) is 34.0 Å². The fourth-order valence-electron chi connectivity index (χ4n) is 10.1. The van der Waals surface area contributed by atoms with Crippen LogP contribution < -0.4 is 31.3 Å². The van der Waals surface area contributed by atoms with E-state index in [4.69, 9.17) is 9.15 Å². The van der Waals surface area contributed by atoms with Crippen LogP contribution in [0.1, 0.15) is 96.7 Å². The SMILES string of the molecule is CC(O)c1cccc(Nc2cccc(-c3ccc(C(=O)C[C@H](C)c4ccc5ccccc5c4)s3)c2)c1.COc1ccc(Nc2nccc(-c3ccc(C(=O)N[C@H](C)c4ccccc4)s3)n2)cc1O.O=C(NCc1ccco1)c1ccc(-c2ccnc(Nc3cccc(Br)c3)n2)s1. The number of nitrogens with one attached hydrogen (secondary N) is 5. The maximum absolute atomic E-state index is 13.1. The number of thiophene rings is 3. The van der Waals surface area contributed by atoms with E-state index in [9.17, 15) is 24.6 Å². The van der Waals surface area contributed by atoms with Crippen LogP contribution in [0.5, 0.6) is 11.5 Å². The summed E-state index contributed by atoms with van der Waals surface area (Å²) in [5, 5.41) is 37.8. The third kappa shape index (κ3) is 18.0. The van der Waals surface area contributed by atoms with Crippen molar-refractivity contribution >= 4 is 113 Å². The van der Waals surface area contributed by atoms with E-state index >= 15 is 0 Å². The quantitative estimate of drug-likeness (QED) is 0.0332. The number of ether oxygens (including phenoxy) is 1. The second kappa shape index (κ2) is 32.0. The maximum atomic E-state index is 13.1. The van der Waals surface area contributed by atoms with E-state index in [2.05, 4.69) is 112 Å². The van der Waals surface area contributed by atoms with Gasteiger partial charge in [-0.25, -0.2) is 19.9 Å². The number of aliphatic hydroxyl groups is 1. The predicted molar refractivity (Wildman–Crippen MR) is 390 cm³/mol. The van der Waals surface area contributed by atoms with Crippen molar-refractivity contribution in [2.75, 3.05) is 23.1 Å². The van der Waals surface area contributed by atoms with Crippen molar-refractivity contribution in [1.29, 1.82) is 0 Å². The van der Waals surface area contributed by atoms with Crippen molar-refractivity contribution in [3.8, 4) is 43.1 Å². The molecule has 7 aromatic carbocycles. The fraction of sp³-hybridized carbons (Fsp3) is 0.118. The third-order valence-corrected chi connectivity index (χ3v) is 19.0. The maximum Gasteiger partial charge on any atom is 0.261 e. The summed E-state index contributed by atoms with van der Waals surface area (Å²) in [6.07, 6.45) is 4.90. The first-order chi connectivity index (χ1) is 46.7. The minimum Gasteiger partial charge on any atom is -0.504 e. The average molecular weight is 1390 g/mol. The number of carbonyl (C=O) groups is 3. The van der Waals surface area contributed by atoms with Crippen LogP contribution in [0.25, 0.3) is 42.4 Å². The molecule has 6 aromatic heterocycles. The number of ketones is 1. The van der Waals surface area contributed by atoms with Gasteiger partial charge in [-0.2, -0.15) is 0 Å². The molecule has 0 radical (unpaired) electrons. The van der Waals surface area contributed by atoms with Gasteiger partial charge in [0, 0.05) is 57.0 Å². The van der Waals surface area contributed by atoms with E-state index in [-0.39, 0.29) is 35.3 Å². The van der Waals surface area contributed by atoms with E-state index in [1.807, 2.05) is 146 Å². The van der Waals surface area contributed by atoms with E-state index in [0.29, 0.717) is 57.5 Å². The molecular formula is C76H66BrN9O7S3. The van der Waals surface area contributed by atoms with Gasteiger partial charge >= 0.3 is 0 Å². The molecule has 2 amide bonds. The van der Waals surface area contributed by atoms with Crippen LogP contribution in [-0.2, 0) is 6.54 Å². The number of fused-ring (bicyclic) bond motifs is 1. The first-order valence-corrected chi connectivity index (χ1v) is 33.9. The zero-order chi connectivity index (χ0) is 66.9. The number of amides is 2. The Morgan fingerprint density at radius 1 is 0.542 bits per heavy atom. The number of rotatable bonds is 21. The summed E-state index contributed by atoms with van der Waals surface area (Å²) < 4.78 is 11.3. The fourth-order valence-corrected chi connectivity index (χ4v) is 13.2. The van der Waals surface area contributed by atoms with E-state index in [1.54, 1.807) is 73.3 Å². The Hall–Kier alpha value is -10.6. The number of aromatic nitrogens is 4.